The van der Waals surface area contributed by atoms with Gasteiger partial charge in [-0.3, -0.25) is 0 Å². The third-order valence-electron chi connectivity index (χ3n) is 9.52. The second-order valence-electron chi connectivity index (χ2n) is 11.9. The maximum Gasteiger partial charge on any atom is 0.143 e. The molecule has 1 aliphatic carbocycles. The van der Waals surface area contributed by atoms with Crippen LogP contribution in [0.3, 0.4) is 0 Å². The highest BCUT2D eigenvalue weighted by atomic mass is 16.3. The number of aryl methyl sites for hydroxylation is 1. The van der Waals surface area contributed by atoms with Gasteiger partial charge in [0.1, 0.15) is 22.5 Å². The number of benzene rings is 7. The average molecular weight is 563 g/mol. The summed E-state index contributed by atoms with van der Waals surface area (Å²) in [7, 11) is 0. The van der Waals surface area contributed by atoms with Gasteiger partial charge in [0, 0.05) is 39.3 Å². The number of fused-ring (bicyclic) bond motifs is 12. The van der Waals surface area contributed by atoms with E-state index in [9.17, 15) is 0 Å². The van der Waals surface area contributed by atoms with E-state index in [0.717, 1.165) is 62.8 Å². The molecule has 0 aliphatic heterocycles. The molecule has 2 aromatic heterocycles. The van der Waals surface area contributed by atoms with Crippen molar-refractivity contribution in [3.63, 3.8) is 0 Å². The molecular weight excluding hydrogens is 536 g/mol. The van der Waals surface area contributed by atoms with E-state index < -0.39 is 0 Å². The first-order valence-electron chi connectivity index (χ1n) is 15.3. The van der Waals surface area contributed by atoms with E-state index in [0.29, 0.717) is 0 Å². The molecule has 10 rings (SSSR count). The molecule has 0 atom stereocenters. The normalized spacial score (nSPS) is 13.2. The summed E-state index contributed by atoms with van der Waals surface area (Å²) in [6.07, 6.45) is 6.45. The predicted molar refractivity (Wildman–Crippen MR) is 184 cm³/mol. The Labute approximate surface area is 253 Å². The lowest BCUT2D eigenvalue weighted by Crippen LogP contribution is -1.88. The lowest BCUT2D eigenvalue weighted by molar-refractivity contribution is 0.547. The highest BCUT2D eigenvalue weighted by molar-refractivity contribution is 6.26. The van der Waals surface area contributed by atoms with Gasteiger partial charge in [-0.15, -0.1) is 0 Å². The van der Waals surface area contributed by atoms with E-state index in [1.807, 2.05) is 12.1 Å². The van der Waals surface area contributed by atoms with Crippen LogP contribution in [0, 0.1) is 0 Å². The van der Waals surface area contributed by atoms with Crippen molar-refractivity contribution in [2.45, 2.75) is 12.8 Å². The summed E-state index contributed by atoms with van der Waals surface area (Å²) >= 11 is 0. The zero-order valence-electron chi connectivity index (χ0n) is 23.9. The van der Waals surface area contributed by atoms with Gasteiger partial charge in [-0.05, 0) is 68.1 Å². The van der Waals surface area contributed by atoms with Crippen LogP contribution in [0.5, 0.6) is 0 Å². The summed E-state index contributed by atoms with van der Waals surface area (Å²) in [5.41, 5.74) is 8.62. The van der Waals surface area contributed by atoms with Crippen molar-refractivity contribution >= 4 is 71.3 Å². The van der Waals surface area contributed by atoms with Gasteiger partial charge < -0.3 is 8.83 Å². The van der Waals surface area contributed by atoms with E-state index in [-0.39, 0.29) is 0 Å². The summed E-state index contributed by atoms with van der Waals surface area (Å²) in [4.78, 5) is 0. The second kappa shape index (κ2) is 8.95. The first-order chi connectivity index (χ1) is 21.8. The molecule has 0 saturated heterocycles. The van der Waals surface area contributed by atoms with Crippen LogP contribution in [0.25, 0.3) is 93.6 Å². The summed E-state index contributed by atoms with van der Waals surface area (Å²) in [6, 6.07) is 43.9. The second-order valence-corrected chi connectivity index (χ2v) is 11.9. The summed E-state index contributed by atoms with van der Waals surface area (Å²) in [6.45, 7) is 0. The Morgan fingerprint density at radius 3 is 1.70 bits per heavy atom. The smallest absolute Gasteiger partial charge is 0.143 e. The summed E-state index contributed by atoms with van der Waals surface area (Å²) in [5.74, 6) is 1.09. The average Bonchev–Trinajstić information content (AvgIpc) is 3.67. The Morgan fingerprint density at radius 2 is 1.00 bits per heavy atom. The number of hydrogen-bond acceptors (Lipinski definition) is 2. The van der Waals surface area contributed by atoms with Crippen LogP contribution in [0.4, 0.5) is 0 Å². The largest absolute Gasteiger partial charge is 0.460 e. The van der Waals surface area contributed by atoms with Gasteiger partial charge in [0.15, 0.2) is 0 Å². The van der Waals surface area contributed by atoms with Gasteiger partial charge in [-0.1, -0.05) is 115 Å². The molecule has 2 heterocycles. The first-order valence-corrected chi connectivity index (χ1v) is 15.3. The van der Waals surface area contributed by atoms with Crippen LogP contribution in [0.2, 0.25) is 0 Å². The van der Waals surface area contributed by atoms with Crippen molar-refractivity contribution in [1.82, 2.24) is 0 Å². The van der Waals surface area contributed by atoms with E-state index in [2.05, 4.69) is 121 Å². The molecular formula is C42H26O2. The molecule has 0 amide bonds. The van der Waals surface area contributed by atoms with Crippen molar-refractivity contribution < 1.29 is 8.83 Å². The van der Waals surface area contributed by atoms with Crippen molar-refractivity contribution in [3.05, 3.63) is 139 Å². The van der Waals surface area contributed by atoms with Crippen molar-refractivity contribution in [2.24, 2.45) is 0 Å². The molecule has 1 aliphatic rings. The van der Waals surface area contributed by atoms with Crippen molar-refractivity contribution in [3.8, 4) is 22.3 Å². The number of furan rings is 2. The minimum Gasteiger partial charge on any atom is -0.460 e. The molecule has 0 unspecified atom stereocenters. The fourth-order valence-electron chi connectivity index (χ4n) is 7.47. The minimum absolute atomic E-state index is 0.918. The van der Waals surface area contributed by atoms with Crippen LogP contribution in [0.15, 0.2) is 136 Å². The Balaban J connectivity index is 1.26. The highest BCUT2D eigenvalue weighted by Crippen LogP contribution is 2.43. The summed E-state index contributed by atoms with van der Waals surface area (Å²) < 4.78 is 13.0. The maximum atomic E-state index is 6.53. The van der Waals surface area contributed by atoms with Gasteiger partial charge >= 0.3 is 0 Å². The Morgan fingerprint density at radius 1 is 0.432 bits per heavy atom. The summed E-state index contributed by atoms with van der Waals surface area (Å²) in [5, 5.41) is 11.0. The molecule has 44 heavy (non-hydrogen) atoms. The van der Waals surface area contributed by atoms with Crippen molar-refractivity contribution in [2.75, 3.05) is 0 Å². The molecule has 0 radical (unpaired) electrons. The third-order valence-corrected chi connectivity index (χ3v) is 9.52. The predicted octanol–water partition coefficient (Wildman–Crippen LogP) is 12.1. The molecule has 0 fully saturated rings. The van der Waals surface area contributed by atoms with E-state index in [1.54, 1.807) is 0 Å². The quantitative estimate of drug-likeness (QED) is 0.196. The van der Waals surface area contributed by atoms with Gasteiger partial charge in [-0.2, -0.15) is 0 Å². The van der Waals surface area contributed by atoms with Crippen LogP contribution in [-0.2, 0) is 6.42 Å². The van der Waals surface area contributed by atoms with Crippen LogP contribution in [0.1, 0.15) is 17.7 Å². The number of rotatable bonds is 2. The molecule has 2 nitrogen and oxygen atoms in total. The Bertz CT molecular complexity index is 2660. The molecule has 0 bridgehead atoms. The Kier molecular flexibility index (Phi) is 4.86. The maximum absolute atomic E-state index is 6.53. The highest BCUT2D eigenvalue weighted by Gasteiger charge is 2.19. The number of allylic oxidation sites excluding steroid dienone is 1. The van der Waals surface area contributed by atoms with Crippen LogP contribution < -0.4 is 0 Å². The number of hydrogen-bond donors (Lipinski definition) is 0. The standard InChI is InChI=1S/C42H26O2/c1-2-10-30-29(9-1)31-21-19-25(27-13-7-15-35-33-11-3-5-17-39(33)43-41(27)35)23-37(31)38-24-26(20-22-32(30)38)28-14-8-16-36-34-12-4-6-18-40(34)44-42(28)36/h1-5,7-17,19-24H,6,18H2. The molecule has 0 saturated carbocycles. The van der Waals surface area contributed by atoms with E-state index in [4.69, 9.17) is 8.83 Å². The van der Waals surface area contributed by atoms with Crippen molar-refractivity contribution in [1.29, 1.82) is 0 Å². The van der Waals surface area contributed by atoms with Gasteiger partial charge in [-0.25, -0.2) is 0 Å². The Hall–Kier alpha value is -5.60. The number of para-hydroxylation sites is 3. The molecule has 0 spiro atoms. The lowest BCUT2D eigenvalue weighted by atomic mass is 9.90. The van der Waals surface area contributed by atoms with Crippen LogP contribution in [-0.4, -0.2) is 0 Å². The monoisotopic (exact) mass is 562 g/mol. The van der Waals surface area contributed by atoms with Crippen LogP contribution >= 0.6 is 0 Å². The molecule has 7 aromatic carbocycles. The van der Waals surface area contributed by atoms with E-state index >= 15 is 0 Å². The fourth-order valence-corrected chi connectivity index (χ4v) is 7.47. The van der Waals surface area contributed by atoms with Gasteiger partial charge in [0.05, 0.1) is 0 Å². The van der Waals surface area contributed by atoms with E-state index in [1.165, 1.54) is 48.8 Å². The van der Waals surface area contributed by atoms with Gasteiger partial charge in [0.2, 0.25) is 0 Å². The third kappa shape index (κ3) is 3.31. The zero-order chi connectivity index (χ0) is 28.8. The topological polar surface area (TPSA) is 26.3 Å². The zero-order valence-corrected chi connectivity index (χ0v) is 23.9. The molecule has 2 heteroatoms. The molecule has 206 valence electrons. The SMILES string of the molecule is C1=Cc2c(oc3c(-c4ccc5c6ccccc6c6ccc(-c7cccc8c7oc7ccccc78)cc6c5c4)cccc23)CC1. The molecule has 0 N–H and O–H groups in total. The minimum atomic E-state index is 0.918. The lowest BCUT2D eigenvalue weighted by Gasteiger charge is -2.14. The fraction of sp³-hybridized carbons (Fsp3) is 0.0476. The first kappa shape index (κ1) is 23.9. The molecule has 9 aromatic rings. The van der Waals surface area contributed by atoms with Gasteiger partial charge in [0.25, 0.3) is 0 Å².